The number of nitrogens with one attached hydrogen (secondary N) is 2. The van der Waals surface area contributed by atoms with Crippen LogP contribution in [0.1, 0.15) is 24.1 Å². The van der Waals surface area contributed by atoms with Gasteiger partial charge < -0.3 is 20.3 Å². The van der Waals surface area contributed by atoms with Crippen molar-refractivity contribution in [3.63, 3.8) is 0 Å². The molecule has 0 radical (unpaired) electrons. The number of urea groups is 1. The highest BCUT2D eigenvalue weighted by Gasteiger charge is 2.14. The van der Waals surface area contributed by atoms with E-state index in [1.807, 2.05) is 69.4 Å². The van der Waals surface area contributed by atoms with Gasteiger partial charge in [-0.2, -0.15) is 0 Å². The lowest BCUT2D eigenvalue weighted by Gasteiger charge is -2.21. The summed E-state index contributed by atoms with van der Waals surface area (Å²) < 4.78 is 5.39. The van der Waals surface area contributed by atoms with Gasteiger partial charge in [0.1, 0.15) is 5.75 Å². The number of nitrogens with zero attached hydrogens (tertiary/aromatic N) is 1. The van der Waals surface area contributed by atoms with Crippen molar-refractivity contribution in [2.75, 3.05) is 32.1 Å². The third kappa shape index (κ3) is 5.41. The fourth-order valence-corrected chi connectivity index (χ4v) is 2.67. The number of rotatable bonds is 7. The Morgan fingerprint density at radius 2 is 1.92 bits per heavy atom. The Balaban J connectivity index is 1.83. The number of carbonyl (C=O) groups is 1. The van der Waals surface area contributed by atoms with E-state index in [2.05, 4.69) is 15.5 Å². The summed E-state index contributed by atoms with van der Waals surface area (Å²) in [5.41, 5.74) is 3.23. The van der Waals surface area contributed by atoms with E-state index in [1.54, 1.807) is 7.11 Å². The van der Waals surface area contributed by atoms with Gasteiger partial charge in [0.05, 0.1) is 13.2 Å². The maximum absolute atomic E-state index is 12.1. The molecule has 1 atom stereocenters. The number of aryl methyl sites for hydroxylation is 1. The highest BCUT2D eigenvalue weighted by atomic mass is 16.5. The van der Waals surface area contributed by atoms with E-state index >= 15 is 0 Å². The summed E-state index contributed by atoms with van der Waals surface area (Å²) in [6.45, 7) is 5.27. The van der Waals surface area contributed by atoms with Gasteiger partial charge >= 0.3 is 6.03 Å². The van der Waals surface area contributed by atoms with Crippen LogP contribution < -0.4 is 20.3 Å². The maximum atomic E-state index is 12.1. The molecular weight excluding hydrogens is 314 g/mol. The van der Waals surface area contributed by atoms with Crippen LogP contribution in [0.3, 0.4) is 0 Å². The first-order valence-corrected chi connectivity index (χ1v) is 8.46. The molecule has 5 heteroatoms. The summed E-state index contributed by atoms with van der Waals surface area (Å²) in [6.07, 6.45) is 0. The van der Waals surface area contributed by atoms with E-state index in [1.165, 1.54) is 0 Å². The zero-order valence-electron chi connectivity index (χ0n) is 15.4. The highest BCUT2D eigenvalue weighted by molar-refractivity contribution is 5.74. The van der Waals surface area contributed by atoms with Crippen LogP contribution >= 0.6 is 0 Å². The number of benzene rings is 2. The molecule has 0 heterocycles. The number of methoxy groups -OCH3 is 1. The van der Waals surface area contributed by atoms with Gasteiger partial charge in [-0.1, -0.05) is 35.9 Å². The topological polar surface area (TPSA) is 53.6 Å². The van der Waals surface area contributed by atoms with Crippen LogP contribution in [-0.2, 0) is 0 Å². The van der Waals surface area contributed by atoms with Gasteiger partial charge in [0.15, 0.2) is 0 Å². The van der Waals surface area contributed by atoms with E-state index < -0.39 is 0 Å². The molecule has 0 fully saturated rings. The molecular formula is C20H27N3O2. The van der Waals surface area contributed by atoms with Crippen LogP contribution in [0.2, 0.25) is 0 Å². The van der Waals surface area contributed by atoms with Gasteiger partial charge in [-0.05, 0) is 32.0 Å². The lowest BCUT2D eigenvalue weighted by Crippen LogP contribution is -2.40. The first-order valence-electron chi connectivity index (χ1n) is 8.46. The largest absolute Gasteiger partial charge is 0.496 e. The van der Waals surface area contributed by atoms with Crippen molar-refractivity contribution in [2.45, 2.75) is 19.9 Å². The van der Waals surface area contributed by atoms with Gasteiger partial charge in [0.25, 0.3) is 0 Å². The quantitative estimate of drug-likeness (QED) is 0.810. The Bertz CT molecular complexity index is 689. The number of hydrogen-bond acceptors (Lipinski definition) is 3. The number of ether oxygens (including phenoxy) is 1. The van der Waals surface area contributed by atoms with Crippen LogP contribution in [0.25, 0.3) is 0 Å². The second-order valence-electron chi connectivity index (χ2n) is 6.12. The number of likely N-dealkylation sites (N-methyl/N-ethyl adjacent to an activating group) is 1. The fraction of sp³-hybridized carbons (Fsp3) is 0.350. The minimum Gasteiger partial charge on any atom is -0.496 e. The summed E-state index contributed by atoms with van der Waals surface area (Å²) in [6, 6.07) is 15.7. The SMILES string of the molecule is COc1ccc(C)cc1C(C)NC(=O)NCCN(C)c1ccccc1. The van der Waals surface area contributed by atoms with E-state index in [0.29, 0.717) is 6.54 Å². The molecule has 134 valence electrons. The number of carbonyl (C=O) groups excluding carboxylic acids is 1. The van der Waals surface area contributed by atoms with Crippen molar-refractivity contribution in [1.82, 2.24) is 10.6 Å². The van der Waals surface area contributed by atoms with E-state index in [4.69, 9.17) is 4.74 Å². The van der Waals surface area contributed by atoms with Crippen LogP contribution in [-0.4, -0.2) is 33.3 Å². The average molecular weight is 341 g/mol. The van der Waals surface area contributed by atoms with Crippen molar-refractivity contribution in [1.29, 1.82) is 0 Å². The molecule has 1 unspecified atom stereocenters. The Hall–Kier alpha value is -2.69. The highest BCUT2D eigenvalue weighted by Crippen LogP contribution is 2.25. The molecule has 25 heavy (non-hydrogen) atoms. The Kier molecular flexibility index (Phi) is 6.69. The number of anilines is 1. The van der Waals surface area contributed by atoms with Crippen LogP contribution in [0.15, 0.2) is 48.5 Å². The van der Waals surface area contributed by atoms with Crippen molar-refractivity contribution in [3.05, 3.63) is 59.7 Å². The van der Waals surface area contributed by atoms with E-state index in [9.17, 15) is 4.79 Å². The number of hydrogen-bond donors (Lipinski definition) is 2. The lowest BCUT2D eigenvalue weighted by atomic mass is 10.0. The molecule has 2 aromatic carbocycles. The molecule has 0 aliphatic carbocycles. The molecule has 5 nitrogen and oxygen atoms in total. The van der Waals surface area contributed by atoms with Crippen molar-refractivity contribution in [2.24, 2.45) is 0 Å². The molecule has 0 saturated heterocycles. The summed E-state index contributed by atoms with van der Waals surface area (Å²) >= 11 is 0. The number of para-hydroxylation sites is 1. The summed E-state index contributed by atoms with van der Waals surface area (Å²) in [4.78, 5) is 14.3. The second kappa shape index (κ2) is 8.97. The average Bonchev–Trinajstić information content (AvgIpc) is 2.62. The molecule has 0 spiro atoms. The third-order valence-corrected chi connectivity index (χ3v) is 4.13. The predicted molar refractivity (Wildman–Crippen MR) is 102 cm³/mol. The first-order chi connectivity index (χ1) is 12.0. The van der Waals surface area contributed by atoms with Crippen molar-refractivity contribution < 1.29 is 9.53 Å². The minimum absolute atomic E-state index is 0.137. The molecule has 2 rings (SSSR count). The van der Waals surface area contributed by atoms with Crippen LogP contribution in [0.5, 0.6) is 5.75 Å². The van der Waals surface area contributed by atoms with Crippen LogP contribution in [0, 0.1) is 6.92 Å². The van der Waals surface area contributed by atoms with Gasteiger partial charge in [0.2, 0.25) is 0 Å². The molecule has 0 aliphatic heterocycles. The molecule has 0 aliphatic rings. The van der Waals surface area contributed by atoms with Gasteiger partial charge in [-0.25, -0.2) is 4.79 Å². The lowest BCUT2D eigenvalue weighted by molar-refractivity contribution is 0.238. The second-order valence-corrected chi connectivity index (χ2v) is 6.12. The zero-order chi connectivity index (χ0) is 18.2. The molecule has 0 saturated carbocycles. The summed E-state index contributed by atoms with van der Waals surface area (Å²) in [7, 11) is 3.65. The van der Waals surface area contributed by atoms with E-state index in [-0.39, 0.29) is 12.1 Å². The first kappa shape index (κ1) is 18.6. The predicted octanol–water partition coefficient (Wildman–Crippen LogP) is 3.50. The number of amides is 2. The summed E-state index contributed by atoms with van der Waals surface area (Å²) in [5, 5.41) is 5.87. The molecule has 2 amide bonds. The van der Waals surface area contributed by atoms with Crippen molar-refractivity contribution in [3.8, 4) is 5.75 Å². The third-order valence-electron chi connectivity index (χ3n) is 4.13. The van der Waals surface area contributed by atoms with Crippen molar-refractivity contribution >= 4 is 11.7 Å². The standard InChI is InChI=1S/C20H27N3O2/c1-15-10-11-19(25-4)18(14-15)16(2)22-20(24)21-12-13-23(3)17-8-6-5-7-9-17/h5-11,14,16H,12-13H2,1-4H3,(H2,21,22,24). The Morgan fingerprint density at radius 1 is 1.20 bits per heavy atom. The Morgan fingerprint density at radius 3 is 2.60 bits per heavy atom. The Labute approximate surface area is 150 Å². The minimum atomic E-state index is -0.183. The molecule has 0 aromatic heterocycles. The maximum Gasteiger partial charge on any atom is 0.315 e. The molecule has 0 bridgehead atoms. The molecule has 2 N–H and O–H groups in total. The smallest absolute Gasteiger partial charge is 0.315 e. The normalized spacial score (nSPS) is 11.5. The monoisotopic (exact) mass is 341 g/mol. The van der Waals surface area contributed by atoms with E-state index in [0.717, 1.165) is 29.1 Å². The summed E-state index contributed by atoms with van der Waals surface area (Å²) in [5.74, 6) is 0.780. The van der Waals surface area contributed by atoms with Gasteiger partial charge in [-0.3, -0.25) is 0 Å². The van der Waals surface area contributed by atoms with Gasteiger partial charge in [0, 0.05) is 31.4 Å². The molecule has 2 aromatic rings. The van der Waals surface area contributed by atoms with Gasteiger partial charge in [-0.15, -0.1) is 0 Å². The fourth-order valence-electron chi connectivity index (χ4n) is 2.67. The zero-order valence-corrected chi connectivity index (χ0v) is 15.4. The van der Waals surface area contributed by atoms with Crippen LogP contribution in [0.4, 0.5) is 10.5 Å².